The first-order valence-corrected chi connectivity index (χ1v) is 10.2. The van der Waals surface area contributed by atoms with E-state index in [0.717, 1.165) is 25.0 Å². The third kappa shape index (κ3) is 5.77. The van der Waals surface area contributed by atoms with Crippen LogP contribution in [-0.2, 0) is 10.9 Å². The first kappa shape index (κ1) is 23.6. The molecule has 8 nitrogen and oxygen atoms in total. The molecule has 174 valence electrons. The fourth-order valence-electron chi connectivity index (χ4n) is 3.39. The third-order valence-corrected chi connectivity index (χ3v) is 4.85. The molecule has 32 heavy (non-hydrogen) atoms. The van der Waals surface area contributed by atoms with Crippen LogP contribution in [0.4, 0.5) is 23.9 Å². The van der Waals surface area contributed by atoms with Gasteiger partial charge in [0, 0.05) is 24.7 Å². The van der Waals surface area contributed by atoms with Crippen molar-refractivity contribution in [1.29, 1.82) is 0 Å². The number of rotatable bonds is 3. The Morgan fingerprint density at radius 2 is 1.97 bits per heavy atom. The molecule has 1 aromatic carbocycles. The number of piperidine rings is 1. The zero-order valence-corrected chi connectivity index (χ0v) is 18.3. The highest BCUT2D eigenvalue weighted by Gasteiger charge is 2.32. The number of anilines is 1. The van der Waals surface area contributed by atoms with Crippen molar-refractivity contribution in [2.45, 2.75) is 58.4 Å². The van der Waals surface area contributed by atoms with E-state index in [4.69, 9.17) is 4.74 Å². The van der Waals surface area contributed by atoms with Gasteiger partial charge >= 0.3 is 12.3 Å². The van der Waals surface area contributed by atoms with Crippen LogP contribution in [0.5, 0.6) is 5.75 Å². The molecular weight excluding hydrogens is 427 g/mol. The van der Waals surface area contributed by atoms with E-state index in [-0.39, 0.29) is 29.3 Å². The summed E-state index contributed by atoms with van der Waals surface area (Å²) in [5.41, 5.74) is -0.863. The molecule has 1 aromatic heterocycles. The molecule has 2 heterocycles. The van der Waals surface area contributed by atoms with Gasteiger partial charge in [-0.3, -0.25) is 0 Å². The molecule has 1 fully saturated rings. The zero-order valence-electron chi connectivity index (χ0n) is 18.3. The molecule has 0 bridgehead atoms. The van der Waals surface area contributed by atoms with Crippen molar-refractivity contribution >= 4 is 12.0 Å². The van der Waals surface area contributed by atoms with Gasteiger partial charge in [-0.15, -0.1) is 10.2 Å². The molecule has 0 saturated carbocycles. The molecule has 11 heteroatoms. The van der Waals surface area contributed by atoms with Gasteiger partial charge in [-0.2, -0.15) is 13.2 Å². The number of nitrogens with zero attached hydrogens (tertiary/aromatic N) is 4. The molecule has 1 aliphatic rings. The van der Waals surface area contributed by atoms with Crippen LogP contribution < -0.4 is 5.32 Å². The number of aromatic hydroxyl groups is 1. The highest BCUT2D eigenvalue weighted by molar-refractivity contribution is 5.69. The average molecular weight is 453 g/mol. The Morgan fingerprint density at radius 1 is 1.25 bits per heavy atom. The van der Waals surface area contributed by atoms with Gasteiger partial charge in [0.1, 0.15) is 17.0 Å². The molecule has 1 saturated heterocycles. The Labute approximate surface area is 183 Å². The smallest absolute Gasteiger partial charge is 0.416 e. The van der Waals surface area contributed by atoms with Crippen LogP contribution in [0.2, 0.25) is 0 Å². The van der Waals surface area contributed by atoms with Crippen molar-refractivity contribution in [1.82, 2.24) is 20.1 Å². The SMILES string of the molecule is Cc1nc(NC2CCCN(C(=O)OC(C)(C)C)C2)nnc1-c1ccc(C(F)(F)F)cc1O. The fourth-order valence-corrected chi connectivity index (χ4v) is 3.39. The second kappa shape index (κ2) is 8.79. The van der Waals surface area contributed by atoms with Crippen molar-refractivity contribution in [2.75, 3.05) is 18.4 Å². The molecule has 0 radical (unpaired) electrons. The van der Waals surface area contributed by atoms with Crippen LogP contribution in [0, 0.1) is 6.92 Å². The number of likely N-dealkylation sites (tertiary alicyclic amines) is 1. The maximum absolute atomic E-state index is 12.8. The fraction of sp³-hybridized carbons (Fsp3) is 0.524. The summed E-state index contributed by atoms with van der Waals surface area (Å²) in [7, 11) is 0. The van der Waals surface area contributed by atoms with E-state index >= 15 is 0 Å². The third-order valence-electron chi connectivity index (χ3n) is 4.85. The summed E-state index contributed by atoms with van der Waals surface area (Å²) in [6.45, 7) is 8.06. The van der Waals surface area contributed by atoms with Crippen LogP contribution in [-0.4, -0.2) is 56.0 Å². The monoisotopic (exact) mass is 453 g/mol. The van der Waals surface area contributed by atoms with Gasteiger partial charge < -0.3 is 20.1 Å². The second-order valence-corrected chi connectivity index (χ2v) is 8.71. The summed E-state index contributed by atoms with van der Waals surface area (Å²) in [6, 6.07) is 2.55. The van der Waals surface area contributed by atoms with Gasteiger partial charge in [-0.05, 0) is 58.7 Å². The molecule has 1 unspecified atom stereocenters. The first-order chi connectivity index (χ1) is 14.8. The van der Waals surface area contributed by atoms with Gasteiger partial charge in [0.05, 0.1) is 11.3 Å². The maximum atomic E-state index is 12.8. The lowest BCUT2D eigenvalue weighted by Crippen LogP contribution is -2.47. The number of halogens is 3. The lowest BCUT2D eigenvalue weighted by atomic mass is 10.1. The predicted octanol–water partition coefficient (Wildman–Crippen LogP) is 4.38. The number of aryl methyl sites for hydroxylation is 1. The molecule has 3 rings (SSSR count). The van der Waals surface area contributed by atoms with Crippen molar-refractivity contribution in [3.05, 3.63) is 29.5 Å². The van der Waals surface area contributed by atoms with E-state index in [9.17, 15) is 23.1 Å². The largest absolute Gasteiger partial charge is 0.507 e. The minimum atomic E-state index is -4.56. The van der Waals surface area contributed by atoms with Gasteiger partial charge in [0.25, 0.3) is 0 Å². The molecule has 1 atom stereocenters. The van der Waals surface area contributed by atoms with Crippen LogP contribution in [0.25, 0.3) is 11.3 Å². The number of phenols is 1. The number of nitrogens with one attached hydrogen (secondary N) is 1. The number of hydrogen-bond donors (Lipinski definition) is 2. The first-order valence-electron chi connectivity index (χ1n) is 10.2. The van der Waals surface area contributed by atoms with E-state index in [1.165, 1.54) is 0 Å². The average Bonchev–Trinajstić information content (AvgIpc) is 2.67. The molecule has 1 amide bonds. The summed E-state index contributed by atoms with van der Waals surface area (Å²) < 4.78 is 43.9. The molecule has 0 spiro atoms. The Morgan fingerprint density at radius 3 is 2.56 bits per heavy atom. The van der Waals surface area contributed by atoms with Gasteiger partial charge in [0.2, 0.25) is 5.95 Å². The molecule has 2 aromatic rings. The number of benzene rings is 1. The summed E-state index contributed by atoms with van der Waals surface area (Å²) in [5.74, 6) is -0.325. The summed E-state index contributed by atoms with van der Waals surface area (Å²) in [4.78, 5) is 18.3. The number of aromatic nitrogens is 3. The lowest BCUT2D eigenvalue weighted by Gasteiger charge is -2.34. The quantitative estimate of drug-likeness (QED) is 0.711. The maximum Gasteiger partial charge on any atom is 0.416 e. The Hall–Kier alpha value is -3.11. The lowest BCUT2D eigenvalue weighted by molar-refractivity contribution is -0.137. The Bertz CT molecular complexity index is 992. The minimum Gasteiger partial charge on any atom is -0.507 e. The number of alkyl halides is 3. The van der Waals surface area contributed by atoms with Gasteiger partial charge in [-0.1, -0.05) is 0 Å². The van der Waals surface area contributed by atoms with Crippen molar-refractivity contribution < 1.29 is 27.8 Å². The molecular formula is C21H26F3N5O3. The number of ether oxygens (including phenoxy) is 1. The molecule has 0 aliphatic carbocycles. The van der Waals surface area contributed by atoms with Crippen molar-refractivity contribution in [3.63, 3.8) is 0 Å². The predicted molar refractivity (Wildman–Crippen MR) is 111 cm³/mol. The Kier molecular flexibility index (Phi) is 6.47. The van der Waals surface area contributed by atoms with Crippen molar-refractivity contribution in [3.8, 4) is 17.0 Å². The van der Waals surface area contributed by atoms with Crippen molar-refractivity contribution in [2.24, 2.45) is 0 Å². The van der Waals surface area contributed by atoms with E-state index in [0.29, 0.717) is 24.8 Å². The summed E-state index contributed by atoms with van der Waals surface area (Å²) in [6.07, 6.45) is -3.37. The van der Waals surface area contributed by atoms with Gasteiger partial charge in [-0.25, -0.2) is 9.78 Å². The summed E-state index contributed by atoms with van der Waals surface area (Å²) in [5, 5.41) is 21.3. The normalized spacial score (nSPS) is 17.2. The van der Waals surface area contributed by atoms with Crippen LogP contribution in [0.3, 0.4) is 0 Å². The highest BCUT2D eigenvalue weighted by atomic mass is 19.4. The van der Waals surface area contributed by atoms with E-state index in [1.807, 2.05) is 20.8 Å². The topological polar surface area (TPSA) is 100 Å². The van der Waals surface area contributed by atoms with Crippen LogP contribution in [0.15, 0.2) is 18.2 Å². The number of phenolic OH excluding ortho intramolecular Hbond substituents is 1. The molecule has 1 aliphatic heterocycles. The van der Waals surface area contributed by atoms with E-state index in [1.54, 1.807) is 11.8 Å². The van der Waals surface area contributed by atoms with Crippen LogP contribution >= 0.6 is 0 Å². The van der Waals surface area contributed by atoms with Gasteiger partial charge in [0.15, 0.2) is 0 Å². The number of carbonyl (C=O) groups is 1. The summed E-state index contributed by atoms with van der Waals surface area (Å²) >= 11 is 0. The minimum absolute atomic E-state index is 0.107. The number of amides is 1. The van der Waals surface area contributed by atoms with Crippen LogP contribution in [0.1, 0.15) is 44.9 Å². The second-order valence-electron chi connectivity index (χ2n) is 8.71. The Balaban J connectivity index is 1.71. The molecule has 2 N–H and O–H groups in total. The van der Waals surface area contributed by atoms with E-state index < -0.39 is 23.1 Å². The highest BCUT2D eigenvalue weighted by Crippen LogP contribution is 2.36. The standard InChI is InChI=1S/C21H26F3N5O3/c1-12-17(15-8-7-13(10-16(15)30)21(22,23)24)27-28-18(25-12)26-14-6-5-9-29(11-14)19(31)32-20(2,3)4/h7-8,10,14,30H,5-6,9,11H2,1-4H3,(H,25,26,28). The zero-order chi connectivity index (χ0) is 23.7. The van der Waals surface area contributed by atoms with E-state index in [2.05, 4.69) is 20.5 Å². The number of hydrogen-bond acceptors (Lipinski definition) is 7. The number of carbonyl (C=O) groups excluding carboxylic acids is 1.